The Hall–Kier alpha value is -4.37. The Kier molecular flexibility index (Phi) is 5.34. The van der Waals surface area contributed by atoms with Gasteiger partial charge in [0.05, 0.1) is 5.56 Å². The third kappa shape index (κ3) is 3.07. The maximum absolute atomic E-state index is 16.5. The van der Waals surface area contributed by atoms with Crippen molar-refractivity contribution in [2.24, 2.45) is 5.11 Å². The van der Waals surface area contributed by atoms with E-state index in [1.165, 1.54) is 0 Å². The quantitative estimate of drug-likeness (QED) is 0.148. The SMILES string of the molecule is C[Si]1(C)c2cc(N3CCC3)ccc2C2(C(=[N+]=[N-])C(=O)c3c(F)c(F)c(N=[N+]=[N-])c(F)c32)c2ccc(N3CCC3)cc21. The highest BCUT2D eigenvalue weighted by molar-refractivity contribution is 7.01. The molecule has 7 rings (SSSR count). The first-order chi connectivity index (χ1) is 19.7. The van der Waals surface area contributed by atoms with Crippen molar-refractivity contribution in [3.8, 4) is 0 Å². The van der Waals surface area contributed by atoms with Gasteiger partial charge in [0.25, 0.3) is 5.78 Å². The summed E-state index contributed by atoms with van der Waals surface area (Å²) >= 11 is 0. The van der Waals surface area contributed by atoms with Crippen molar-refractivity contribution < 1.29 is 22.8 Å². The van der Waals surface area contributed by atoms with E-state index in [9.17, 15) is 10.3 Å². The van der Waals surface area contributed by atoms with E-state index in [1.807, 2.05) is 24.3 Å². The summed E-state index contributed by atoms with van der Waals surface area (Å²) in [5.41, 5.74) is 17.3. The van der Waals surface area contributed by atoms with Crippen LogP contribution in [-0.4, -0.2) is 50.5 Å². The van der Waals surface area contributed by atoms with Gasteiger partial charge >= 0.3 is 5.71 Å². The zero-order valence-corrected chi connectivity index (χ0v) is 23.4. The molecule has 12 heteroatoms. The van der Waals surface area contributed by atoms with Gasteiger partial charge in [-0.05, 0) is 64.1 Å². The first-order valence-electron chi connectivity index (χ1n) is 13.5. The number of carbonyl (C=O) groups is 1. The molecule has 3 aromatic carbocycles. The molecule has 0 aromatic heterocycles. The number of hydrogen-bond donors (Lipinski definition) is 0. The maximum atomic E-state index is 16.5. The number of rotatable bonds is 3. The summed E-state index contributed by atoms with van der Waals surface area (Å²) in [4.78, 5) is 24.1. The Morgan fingerprint density at radius 2 is 1.39 bits per heavy atom. The highest BCUT2D eigenvalue weighted by Gasteiger charge is 2.66. The molecular formula is C29H24F3N7OSi. The van der Waals surface area contributed by atoms with Gasteiger partial charge in [-0.25, -0.2) is 13.2 Å². The van der Waals surface area contributed by atoms with Gasteiger partial charge in [-0.15, -0.1) is 0 Å². The van der Waals surface area contributed by atoms with E-state index in [4.69, 9.17) is 5.53 Å². The molecule has 3 aliphatic heterocycles. The van der Waals surface area contributed by atoms with Crippen LogP contribution < -0.4 is 20.2 Å². The second-order valence-corrected chi connectivity index (χ2v) is 15.9. The summed E-state index contributed by atoms with van der Waals surface area (Å²) in [7, 11) is -2.59. The number of hydrogen-bond acceptors (Lipinski definition) is 4. The molecule has 0 unspecified atom stereocenters. The molecule has 2 fully saturated rings. The van der Waals surface area contributed by atoms with Gasteiger partial charge in [0.1, 0.15) is 19.6 Å². The number of carbonyl (C=O) groups excluding carboxylic acids is 1. The highest BCUT2D eigenvalue weighted by atomic mass is 28.3. The Labute approximate surface area is 234 Å². The molecule has 41 heavy (non-hydrogen) atoms. The van der Waals surface area contributed by atoms with Crippen molar-refractivity contribution >= 4 is 47.0 Å². The first kappa shape index (κ1) is 25.6. The van der Waals surface area contributed by atoms with Crippen LogP contribution in [0.3, 0.4) is 0 Å². The molecule has 3 aromatic rings. The number of benzene rings is 3. The van der Waals surface area contributed by atoms with E-state index < -0.39 is 59.2 Å². The molecule has 1 aliphatic carbocycles. The molecule has 1 spiro atoms. The topological polar surface area (TPSA) is 109 Å². The van der Waals surface area contributed by atoms with E-state index in [1.54, 1.807) is 12.1 Å². The molecule has 0 amide bonds. The Morgan fingerprint density at radius 1 is 0.854 bits per heavy atom. The second-order valence-electron chi connectivity index (χ2n) is 11.5. The largest absolute Gasteiger partial charge is 0.371 e. The van der Waals surface area contributed by atoms with Crippen LogP contribution in [0.25, 0.3) is 16.0 Å². The predicted molar refractivity (Wildman–Crippen MR) is 151 cm³/mol. The summed E-state index contributed by atoms with van der Waals surface area (Å²) < 4.78 is 47.1. The smallest absolute Gasteiger partial charge is 0.358 e. The van der Waals surface area contributed by atoms with E-state index in [-0.39, 0.29) is 0 Å². The van der Waals surface area contributed by atoms with Gasteiger partial charge in [0.2, 0.25) is 0 Å². The van der Waals surface area contributed by atoms with Gasteiger partial charge in [0.15, 0.2) is 17.0 Å². The number of fused-ring (bicyclic) bond motifs is 6. The van der Waals surface area contributed by atoms with Crippen LogP contribution in [0.2, 0.25) is 13.1 Å². The zero-order valence-electron chi connectivity index (χ0n) is 22.4. The molecule has 3 heterocycles. The minimum Gasteiger partial charge on any atom is -0.371 e. The van der Waals surface area contributed by atoms with Crippen LogP contribution in [-0.2, 0) is 5.41 Å². The van der Waals surface area contributed by atoms with Crippen LogP contribution in [0.15, 0.2) is 41.5 Å². The van der Waals surface area contributed by atoms with Crippen LogP contribution in [0.1, 0.15) is 39.9 Å². The molecule has 0 N–H and O–H groups in total. The lowest BCUT2D eigenvalue weighted by atomic mass is 9.68. The third-order valence-corrected chi connectivity index (χ3v) is 12.8. The van der Waals surface area contributed by atoms with Crippen molar-refractivity contribution in [3.63, 3.8) is 0 Å². The fourth-order valence-corrected chi connectivity index (χ4v) is 10.2. The van der Waals surface area contributed by atoms with E-state index in [2.05, 4.69) is 37.7 Å². The number of azide groups is 1. The van der Waals surface area contributed by atoms with Crippen LogP contribution in [0, 0.1) is 17.5 Å². The normalized spacial score (nSPS) is 19.0. The number of nitrogens with zero attached hydrogens (tertiary/aromatic N) is 7. The summed E-state index contributed by atoms with van der Waals surface area (Å²) in [6.07, 6.45) is 2.12. The van der Waals surface area contributed by atoms with Crippen LogP contribution in [0.4, 0.5) is 30.2 Å². The average Bonchev–Trinajstić information content (AvgIpc) is 3.16. The van der Waals surface area contributed by atoms with Crippen molar-refractivity contribution in [2.75, 3.05) is 36.0 Å². The monoisotopic (exact) mass is 571 g/mol. The lowest BCUT2D eigenvalue weighted by Crippen LogP contribution is -2.65. The molecule has 4 aliphatic rings. The summed E-state index contributed by atoms with van der Waals surface area (Å²) in [6, 6.07) is 11.4. The lowest BCUT2D eigenvalue weighted by molar-refractivity contribution is -0.0116. The number of anilines is 2. The Balaban J connectivity index is 1.66. The highest BCUT2D eigenvalue weighted by Crippen LogP contribution is 2.53. The zero-order chi connectivity index (χ0) is 28.8. The van der Waals surface area contributed by atoms with Gasteiger partial charge < -0.3 is 15.3 Å². The standard InChI is InChI=1S/C29H24F3N7OSi/c1-41(2)19-13-15(38-9-3-10-38)5-7-17(19)29(18-8-6-16(14-20(18)41)39-11-4-12-39)22-21(27(40)28(29)35-33)23(30)25(32)26(24(22)31)36-37-34/h5-8,13-14H,3-4,9-12H2,1-2H3. The maximum Gasteiger partial charge on any atom is 0.358 e. The molecule has 8 nitrogen and oxygen atoms in total. The van der Waals surface area contributed by atoms with Crippen molar-refractivity contribution in [1.29, 1.82) is 0 Å². The fraction of sp³-hybridized carbons (Fsp3) is 0.310. The Morgan fingerprint density at radius 3 is 1.83 bits per heavy atom. The molecular weight excluding hydrogens is 547 g/mol. The van der Waals surface area contributed by atoms with Gasteiger partial charge in [-0.3, -0.25) is 4.79 Å². The molecule has 0 radical (unpaired) electrons. The van der Waals surface area contributed by atoms with Crippen LogP contribution >= 0.6 is 0 Å². The molecule has 0 bridgehead atoms. The van der Waals surface area contributed by atoms with Crippen molar-refractivity contribution in [2.45, 2.75) is 31.4 Å². The van der Waals surface area contributed by atoms with E-state index in [0.717, 1.165) is 60.8 Å². The van der Waals surface area contributed by atoms with Crippen LogP contribution in [0.5, 0.6) is 0 Å². The van der Waals surface area contributed by atoms with Gasteiger partial charge in [-0.1, -0.05) is 30.3 Å². The molecule has 0 saturated carbocycles. The van der Waals surface area contributed by atoms with Crippen molar-refractivity contribution in [3.05, 3.63) is 92.1 Å². The minimum absolute atomic E-state index is 0.472. The molecule has 0 atom stereocenters. The third-order valence-electron chi connectivity index (χ3n) is 9.32. The number of Topliss-reactive ketones (excluding diaryl/α,β-unsaturated/α-hetero) is 1. The lowest BCUT2D eigenvalue weighted by Gasteiger charge is -2.44. The van der Waals surface area contributed by atoms with Gasteiger partial charge in [0, 0.05) is 48.0 Å². The van der Waals surface area contributed by atoms with Crippen molar-refractivity contribution in [1.82, 2.24) is 0 Å². The van der Waals surface area contributed by atoms with Gasteiger partial charge in [-0.2, -0.15) is 4.79 Å². The average molecular weight is 572 g/mol. The predicted octanol–water partition coefficient (Wildman–Crippen LogP) is 4.80. The molecule has 206 valence electrons. The first-order valence-corrected chi connectivity index (χ1v) is 16.5. The van der Waals surface area contributed by atoms with E-state index >= 15 is 13.2 Å². The minimum atomic E-state index is -2.59. The Bertz CT molecular complexity index is 1750. The summed E-state index contributed by atoms with van der Waals surface area (Å²) in [6.45, 7) is 7.89. The number of ketones is 1. The molecule has 2 saturated heterocycles. The second kappa shape index (κ2) is 8.56. The number of halogens is 3. The summed E-state index contributed by atoms with van der Waals surface area (Å²) in [5, 5.41) is 4.86. The fourth-order valence-electron chi connectivity index (χ4n) is 6.98. The summed E-state index contributed by atoms with van der Waals surface area (Å²) in [5.74, 6) is -5.90. The van der Waals surface area contributed by atoms with E-state index in [0.29, 0.717) is 11.1 Å².